The van der Waals surface area contributed by atoms with Crippen LogP contribution in [0.1, 0.15) is 25.3 Å². The molecule has 1 aliphatic rings. The van der Waals surface area contributed by atoms with Gasteiger partial charge >= 0.3 is 0 Å². The van der Waals surface area contributed by atoms with E-state index in [1.807, 2.05) is 6.92 Å². The van der Waals surface area contributed by atoms with Crippen molar-refractivity contribution in [2.24, 2.45) is 0 Å². The van der Waals surface area contributed by atoms with Gasteiger partial charge in [0.15, 0.2) is 0 Å². The Hall–Kier alpha value is -0.520. The van der Waals surface area contributed by atoms with Gasteiger partial charge in [-0.3, -0.25) is 0 Å². The molecule has 5 heteroatoms. The smallest absolute Gasteiger partial charge is 0.144 e. The van der Waals surface area contributed by atoms with E-state index < -0.39 is 11.6 Å². The summed E-state index contributed by atoms with van der Waals surface area (Å²) in [6.45, 7) is 3.53. The molecule has 1 aliphatic heterocycles. The van der Waals surface area contributed by atoms with Gasteiger partial charge in [-0.1, -0.05) is 0 Å². The molecule has 1 saturated heterocycles. The average Bonchev–Trinajstić information content (AvgIpc) is 2.76. The second-order valence-electron chi connectivity index (χ2n) is 4.83. The van der Waals surface area contributed by atoms with Gasteiger partial charge in [0, 0.05) is 25.3 Å². The summed E-state index contributed by atoms with van der Waals surface area (Å²) in [5.41, 5.74) is -0.148. The van der Waals surface area contributed by atoms with E-state index in [0.717, 1.165) is 19.4 Å². The van der Waals surface area contributed by atoms with Gasteiger partial charge in [0.25, 0.3) is 0 Å². The van der Waals surface area contributed by atoms with Gasteiger partial charge in [0.1, 0.15) is 11.6 Å². The summed E-state index contributed by atoms with van der Waals surface area (Å²) >= 11 is 3.05. The lowest BCUT2D eigenvalue weighted by Crippen LogP contribution is -2.37. The Bertz CT molecular complexity index is 433. The van der Waals surface area contributed by atoms with Crippen LogP contribution < -0.4 is 5.32 Å². The molecule has 0 amide bonds. The summed E-state index contributed by atoms with van der Waals surface area (Å²) in [5.74, 6) is -1.07. The zero-order valence-corrected chi connectivity index (χ0v) is 11.8. The third-order valence-corrected chi connectivity index (χ3v) is 3.85. The van der Waals surface area contributed by atoms with Gasteiger partial charge in [-0.2, -0.15) is 0 Å². The first kappa shape index (κ1) is 13.9. The fourth-order valence-electron chi connectivity index (χ4n) is 2.16. The van der Waals surface area contributed by atoms with Crippen molar-refractivity contribution in [3.63, 3.8) is 0 Å². The number of halogens is 3. The molecule has 2 nitrogen and oxygen atoms in total. The maximum absolute atomic E-state index is 13.7. The second-order valence-corrected chi connectivity index (χ2v) is 5.68. The Morgan fingerprint density at radius 3 is 2.89 bits per heavy atom. The average molecular weight is 320 g/mol. The molecule has 0 spiro atoms. The molecule has 1 aromatic carbocycles. The van der Waals surface area contributed by atoms with Crippen LogP contribution in [0.3, 0.4) is 0 Å². The third kappa shape index (κ3) is 3.08. The molecule has 1 aromatic rings. The summed E-state index contributed by atoms with van der Waals surface area (Å²) < 4.78 is 33.1. The number of hydrogen-bond donors (Lipinski definition) is 1. The van der Waals surface area contributed by atoms with E-state index in [0.29, 0.717) is 6.54 Å². The summed E-state index contributed by atoms with van der Waals surface area (Å²) in [6, 6.07) is 2.63. The number of benzene rings is 1. The molecule has 1 atom stereocenters. The number of nitrogens with one attached hydrogen (secondary N) is 1. The molecule has 2 rings (SSSR count). The molecule has 0 bridgehead atoms. The quantitative estimate of drug-likeness (QED) is 0.859. The maximum Gasteiger partial charge on any atom is 0.144 e. The van der Waals surface area contributed by atoms with Crippen molar-refractivity contribution in [1.29, 1.82) is 0 Å². The van der Waals surface area contributed by atoms with Crippen LogP contribution in [0.2, 0.25) is 0 Å². The van der Waals surface area contributed by atoms with E-state index >= 15 is 0 Å². The van der Waals surface area contributed by atoms with Crippen molar-refractivity contribution >= 4 is 15.9 Å². The summed E-state index contributed by atoms with van der Waals surface area (Å²) in [7, 11) is 0. The molecule has 100 valence electrons. The largest absolute Gasteiger partial charge is 0.374 e. The Labute approximate surface area is 114 Å². The van der Waals surface area contributed by atoms with E-state index in [4.69, 9.17) is 4.74 Å². The maximum atomic E-state index is 13.7. The van der Waals surface area contributed by atoms with Crippen LogP contribution >= 0.6 is 15.9 Å². The van der Waals surface area contributed by atoms with Crippen LogP contribution in [-0.2, 0) is 11.3 Å². The predicted molar refractivity (Wildman–Crippen MR) is 69.4 cm³/mol. The first-order valence-corrected chi connectivity index (χ1v) is 6.78. The fourth-order valence-corrected chi connectivity index (χ4v) is 2.53. The Morgan fingerprint density at radius 1 is 1.44 bits per heavy atom. The molecule has 0 aliphatic carbocycles. The van der Waals surface area contributed by atoms with Crippen LogP contribution in [0, 0.1) is 11.6 Å². The molecule has 0 radical (unpaired) electrons. The van der Waals surface area contributed by atoms with E-state index in [1.54, 1.807) is 0 Å². The highest BCUT2D eigenvalue weighted by molar-refractivity contribution is 9.10. The van der Waals surface area contributed by atoms with Crippen molar-refractivity contribution < 1.29 is 13.5 Å². The van der Waals surface area contributed by atoms with Crippen LogP contribution in [-0.4, -0.2) is 18.8 Å². The normalized spacial score (nSPS) is 23.6. The molecule has 0 aromatic heterocycles. The highest BCUT2D eigenvalue weighted by Crippen LogP contribution is 2.25. The van der Waals surface area contributed by atoms with Gasteiger partial charge in [-0.25, -0.2) is 8.78 Å². The number of ether oxygens (including phenoxy) is 1. The van der Waals surface area contributed by atoms with E-state index in [9.17, 15) is 8.78 Å². The first-order chi connectivity index (χ1) is 8.52. The second kappa shape index (κ2) is 5.63. The molecule has 1 unspecified atom stereocenters. The SMILES string of the molecule is CC1(CNCc2c(F)ccc(Br)c2F)CCCO1. The minimum atomic E-state index is -0.542. The van der Waals surface area contributed by atoms with Crippen molar-refractivity contribution in [3.8, 4) is 0 Å². The zero-order valence-electron chi connectivity index (χ0n) is 10.2. The zero-order chi connectivity index (χ0) is 13.2. The van der Waals surface area contributed by atoms with Gasteiger partial charge in [-0.05, 0) is 47.8 Å². The van der Waals surface area contributed by atoms with E-state index in [-0.39, 0.29) is 22.2 Å². The van der Waals surface area contributed by atoms with Crippen LogP contribution in [0.15, 0.2) is 16.6 Å². The molecular weight excluding hydrogens is 304 g/mol. The molecule has 1 N–H and O–H groups in total. The van der Waals surface area contributed by atoms with Gasteiger partial charge in [0.2, 0.25) is 0 Å². The minimum absolute atomic E-state index is 0.0611. The van der Waals surface area contributed by atoms with E-state index in [2.05, 4.69) is 21.2 Å². The topological polar surface area (TPSA) is 21.3 Å². The minimum Gasteiger partial charge on any atom is -0.374 e. The standard InChI is InChI=1S/C13H16BrF2NO/c1-13(5-2-6-18-13)8-17-7-9-11(15)4-3-10(14)12(9)16/h3-4,17H,2,5-8H2,1H3. The predicted octanol–water partition coefficient (Wildman–Crippen LogP) is 3.39. The highest BCUT2D eigenvalue weighted by Gasteiger charge is 2.29. The fraction of sp³-hybridized carbons (Fsp3) is 0.538. The van der Waals surface area contributed by atoms with Gasteiger partial charge in [0.05, 0.1) is 10.1 Å². The molecule has 0 saturated carbocycles. The molecule has 1 heterocycles. The summed E-state index contributed by atoms with van der Waals surface area (Å²) in [4.78, 5) is 0. The first-order valence-electron chi connectivity index (χ1n) is 5.99. The van der Waals surface area contributed by atoms with Gasteiger partial charge in [-0.15, -0.1) is 0 Å². The van der Waals surface area contributed by atoms with Crippen molar-refractivity contribution in [1.82, 2.24) is 5.32 Å². The Kier molecular flexibility index (Phi) is 4.35. The van der Waals surface area contributed by atoms with Crippen LogP contribution in [0.25, 0.3) is 0 Å². The Balaban J connectivity index is 1.96. The number of rotatable bonds is 4. The van der Waals surface area contributed by atoms with Crippen LogP contribution in [0.5, 0.6) is 0 Å². The lowest BCUT2D eigenvalue weighted by Gasteiger charge is -2.23. The van der Waals surface area contributed by atoms with Crippen molar-refractivity contribution in [2.75, 3.05) is 13.2 Å². The summed E-state index contributed by atoms with van der Waals surface area (Å²) in [5, 5.41) is 3.07. The lowest BCUT2D eigenvalue weighted by molar-refractivity contribution is 0.0205. The van der Waals surface area contributed by atoms with Crippen molar-refractivity contribution in [3.05, 3.63) is 33.8 Å². The van der Waals surface area contributed by atoms with Crippen LogP contribution in [0.4, 0.5) is 8.78 Å². The van der Waals surface area contributed by atoms with Crippen molar-refractivity contribution in [2.45, 2.75) is 31.9 Å². The monoisotopic (exact) mass is 319 g/mol. The molecule has 18 heavy (non-hydrogen) atoms. The molecule has 1 fully saturated rings. The van der Waals surface area contributed by atoms with Gasteiger partial charge < -0.3 is 10.1 Å². The highest BCUT2D eigenvalue weighted by atomic mass is 79.9. The van der Waals surface area contributed by atoms with E-state index in [1.165, 1.54) is 12.1 Å². The Morgan fingerprint density at radius 2 is 2.22 bits per heavy atom. The third-order valence-electron chi connectivity index (χ3n) is 3.24. The molecular formula is C13H16BrF2NO. The lowest BCUT2D eigenvalue weighted by atomic mass is 10.0. The summed E-state index contributed by atoms with van der Waals surface area (Å²) in [6.07, 6.45) is 2.02. The number of hydrogen-bond acceptors (Lipinski definition) is 2.